The van der Waals surface area contributed by atoms with Crippen LogP contribution in [-0.4, -0.2) is 21.6 Å². The number of rotatable bonds is 4. The lowest BCUT2D eigenvalue weighted by molar-refractivity contribution is 0.304. The number of nitrogen functional groups attached to an aromatic ring is 1. The van der Waals surface area contributed by atoms with E-state index >= 15 is 0 Å². The molecule has 1 aromatic carbocycles. The lowest BCUT2D eigenvalue weighted by atomic mass is 10.3. The van der Waals surface area contributed by atoms with E-state index in [1.54, 1.807) is 24.3 Å². The second kappa shape index (κ2) is 5.50. The van der Waals surface area contributed by atoms with Gasteiger partial charge in [0.2, 0.25) is 5.95 Å². The maximum Gasteiger partial charge on any atom is 0.330 e. The molecule has 0 aliphatic rings. The molecular weight excluding hydrogens is 256 g/mol. The van der Waals surface area contributed by atoms with E-state index in [0.717, 1.165) is 0 Å². The van der Waals surface area contributed by atoms with Crippen LogP contribution in [0.25, 0.3) is 0 Å². The molecule has 6 nitrogen and oxygen atoms in total. The van der Waals surface area contributed by atoms with E-state index in [1.165, 1.54) is 0 Å². The van der Waals surface area contributed by atoms with E-state index in [4.69, 9.17) is 26.8 Å². The van der Waals surface area contributed by atoms with Gasteiger partial charge in [0.25, 0.3) is 0 Å². The molecule has 0 amide bonds. The van der Waals surface area contributed by atoms with Crippen LogP contribution in [0.1, 0.15) is 6.92 Å². The van der Waals surface area contributed by atoms with Gasteiger partial charge in [-0.25, -0.2) is 0 Å². The van der Waals surface area contributed by atoms with Gasteiger partial charge in [-0.1, -0.05) is 17.7 Å². The van der Waals surface area contributed by atoms with E-state index in [0.29, 0.717) is 17.4 Å². The summed E-state index contributed by atoms with van der Waals surface area (Å²) in [6.45, 7) is 2.25. The maximum absolute atomic E-state index is 5.84. The normalized spacial score (nSPS) is 10.1. The highest BCUT2D eigenvalue weighted by molar-refractivity contribution is 6.30. The second-order valence-electron chi connectivity index (χ2n) is 3.25. The average molecular weight is 267 g/mol. The quantitative estimate of drug-likeness (QED) is 0.914. The summed E-state index contributed by atoms with van der Waals surface area (Å²) in [4.78, 5) is 11.6. The van der Waals surface area contributed by atoms with Gasteiger partial charge < -0.3 is 15.2 Å². The molecule has 0 fully saturated rings. The SMILES string of the molecule is CCOc1nc(N)nc(Oc2cccc(Cl)c2)n1. The summed E-state index contributed by atoms with van der Waals surface area (Å²) in [6.07, 6.45) is 0. The van der Waals surface area contributed by atoms with Crippen LogP contribution in [0.4, 0.5) is 5.95 Å². The van der Waals surface area contributed by atoms with Gasteiger partial charge in [-0.2, -0.15) is 9.97 Å². The largest absolute Gasteiger partial charge is 0.464 e. The Hall–Kier alpha value is -2.08. The number of nitrogens with two attached hydrogens (primary N) is 1. The summed E-state index contributed by atoms with van der Waals surface area (Å²) in [5.41, 5.74) is 5.52. The molecule has 94 valence electrons. The van der Waals surface area contributed by atoms with Gasteiger partial charge >= 0.3 is 12.0 Å². The number of halogens is 1. The molecule has 0 saturated carbocycles. The molecule has 0 atom stereocenters. The van der Waals surface area contributed by atoms with Crippen LogP contribution < -0.4 is 15.2 Å². The van der Waals surface area contributed by atoms with Gasteiger partial charge in [-0.05, 0) is 25.1 Å². The van der Waals surface area contributed by atoms with E-state index in [2.05, 4.69) is 15.0 Å². The first kappa shape index (κ1) is 12.4. The van der Waals surface area contributed by atoms with Crippen molar-refractivity contribution < 1.29 is 9.47 Å². The van der Waals surface area contributed by atoms with Crippen LogP contribution in [0.15, 0.2) is 24.3 Å². The van der Waals surface area contributed by atoms with Crippen LogP contribution in [0, 0.1) is 0 Å². The Morgan fingerprint density at radius 1 is 1.22 bits per heavy atom. The van der Waals surface area contributed by atoms with Gasteiger partial charge in [-0.15, -0.1) is 4.98 Å². The van der Waals surface area contributed by atoms with Crippen LogP contribution in [0.5, 0.6) is 17.8 Å². The van der Waals surface area contributed by atoms with Gasteiger partial charge in [-0.3, -0.25) is 0 Å². The minimum absolute atomic E-state index is 0.0329. The van der Waals surface area contributed by atoms with E-state index in [-0.39, 0.29) is 18.0 Å². The number of benzene rings is 1. The molecule has 0 saturated heterocycles. The Labute approximate surface area is 109 Å². The molecule has 0 bridgehead atoms. The smallest absolute Gasteiger partial charge is 0.330 e. The Morgan fingerprint density at radius 3 is 2.72 bits per heavy atom. The van der Waals surface area contributed by atoms with Crippen molar-refractivity contribution in [2.24, 2.45) is 0 Å². The molecule has 2 N–H and O–H groups in total. The van der Waals surface area contributed by atoms with Gasteiger partial charge in [0.15, 0.2) is 0 Å². The third-order valence-corrected chi connectivity index (χ3v) is 2.13. The van der Waals surface area contributed by atoms with Crippen molar-refractivity contribution in [2.45, 2.75) is 6.92 Å². The summed E-state index contributed by atoms with van der Waals surface area (Å²) in [7, 11) is 0. The van der Waals surface area contributed by atoms with Crippen LogP contribution in [-0.2, 0) is 0 Å². The molecule has 7 heteroatoms. The van der Waals surface area contributed by atoms with Gasteiger partial charge in [0.05, 0.1) is 6.61 Å². The first-order valence-electron chi connectivity index (χ1n) is 5.25. The zero-order valence-corrected chi connectivity index (χ0v) is 10.4. The third kappa shape index (κ3) is 3.21. The minimum Gasteiger partial charge on any atom is -0.464 e. The fourth-order valence-corrected chi connectivity index (χ4v) is 1.41. The van der Waals surface area contributed by atoms with Crippen molar-refractivity contribution in [2.75, 3.05) is 12.3 Å². The summed E-state index contributed by atoms with van der Waals surface area (Å²) in [5.74, 6) is 0.543. The summed E-state index contributed by atoms with van der Waals surface area (Å²) in [6, 6.07) is 7.05. The van der Waals surface area contributed by atoms with Gasteiger partial charge in [0, 0.05) is 5.02 Å². The number of aromatic nitrogens is 3. The average Bonchev–Trinajstić information content (AvgIpc) is 2.28. The highest BCUT2D eigenvalue weighted by atomic mass is 35.5. The maximum atomic E-state index is 5.84. The number of hydrogen-bond acceptors (Lipinski definition) is 6. The Kier molecular flexibility index (Phi) is 3.78. The second-order valence-corrected chi connectivity index (χ2v) is 3.69. The predicted molar refractivity (Wildman–Crippen MR) is 66.9 cm³/mol. The van der Waals surface area contributed by atoms with Gasteiger partial charge in [0.1, 0.15) is 5.75 Å². The van der Waals surface area contributed by atoms with Crippen LogP contribution in [0.3, 0.4) is 0 Å². The van der Waals surface area contributed by atoms with Crippen molar-refractivity contribution in [1.82, 2.24) is 15.0 Å². The predicted octanol–water partition coefficient (Wildman–Crippen LogP) is 2.30. The standard InChI is InChI=1S/C11H11ClN4O2/c1-2-17-10-14-9(13)15-11(16-10)18-8-5-3-4-7(12)6-8/h3-6H,2H2,1H3,(H2,13,14,15,16). The Morgan fingerprint density at radius 2 is 2.00 bits per heavy atom. The fourth-order valence-electron chi connectivity index (χ4n) is 1.23. The van der Waals surface area contributed by atoms with Crippen LogP contribution in [0.2, 0.25) is 5.02 Å². The Balaban J connectivity index is 2.23. The molecule has 0 spiro atoms. The summed E-state index contributed by atoms with van der Waals surface area (Å²) >= 11 is 5.84. The summed E-state index contributed by atoms with van der Waals surface area (Å²) in [5, 5.41) is 0.555. The number of hydrogen-bond donors (Lipinski definition) is 1. The number of anilines is 1. The van der Waals surface area contributed by atoms with Crippen molar-refractivity contribution in [1.29, 1.82) is 0 Å². The lowest BCUT2D eigenvalue weighted by Crippen LogP contribution is -2.04. The molecule has 2 aromatic rings. The number of nitrogens with zero attached hydrogens (tertiary/aromatic N) is 3. The molecule has 0 aliphatic heterocycles. The highest BCUT2D eigenvalue weighted by Gasteiger charge is 2.07. The topological polar surface area (TPSA) is 83.2 Å². The van der Waals surface area contributed by atoms with E-state index in [9.17, 15) is 0 Å². The molecule has 1 heterocycles. The molecule has 0 radical (unpaired) electrons. The highest BCUT2D eigenvalue weighted by Crippen LogP contribution is 2.22. The minimum atomic E-state index is 0.0329. The van der Waals surface area contributed by atoms with Crippen LogP contribution >= 0.6 is 11.6 Å². The first-order chi connectivity index (χ1) is 8.67. The number of ether oxygens (including phenoxy) is 2. The summed E-state index contributed by atoms with van der Waals surface area (Å²) < 4.78 is 10.6. The van der Waals surface area contributed by atoms with Crippen molar-refractivity contribution in [3.05, 3.63) is 29.3 Å². The molecular formula is C11H11ClN4O2. The molecule has 1 aromatic heterocycles. The first-order valence-corrected chi connectivity index (χ1v) is 5.63. The zero-order valence-electron chi connectivity index (χ0n) is 9.63. The molecule has 2 rings (SSSR count). The van der Waals surface area contributed by atoms with E-state index in [1.807, 2.05) is 6.92 Å². The lowest BCUT2D eigenvalue weighted by Gasteiger charge is -2.06. The fraction of sp³-hybridized carbons (Fsp3) is 0.182. The molecule has 0 aliphatic carbocycles. The molecule has 0 unspecified atom stereocenters. The van der Waals surface area contributed by atoms with Crippen molar-refractivity contribution in [3.8, 4) is 17.8 Å². The zero-order chi connectivity index (χ0) is 13.0. The molecule has 18 heavy (non-hydrogen) atoms. The Bertz CT molecular complexity index is 550. The third-order valence-electron chi connectivity index (χ3n) is 1.89. The van der Waals surface area contributed by atoms with Crippen molar-refractivity contribution in [3.63, 3.8) is 0 Å². The van der Waals surface area contributed by atoms with Crippen molar-refractivity contribution >= 4 is 17.5 Å². The van der Waals surface area contributed by atoms with E-state index < -0.39 is 0 Å². The monoisotopic (exact) mass is 266 g/mol.